The van der Waals surface area contributed by atoms with Crippen molar-refractivity contribution in [2.45, 2.75) is 24.0 Å². The van der Waals surface area contributed by atoms with Crippen molar-refractivity contribution in [1.29, 1.82) is 0 Å². The Labute approximate surface area is 106 Å². The molecule has 0 bridgehead atoms. The number of aromatic amines is 1. The number of piperidine rings is 1. The summed E-state index contributed by atoms with van der Waals surface area (Å²) in [6.45, 7) is 0.597. The van der Waals surface area contributed by atoms with Crippen LogP contribution in [0.2, 0.25) is 0 Å². The van der Waals surface area contributed by atoms with Crippen molar-refractivity contribution in [1.82, 2.24) is 20.1 Å². The number of H-pyrrole nitrogens is 1. The normalized spacial score (nSPS) is 19.6. The Morgan fingerprint density at radius 3 is 3.00 bits per heavy atom. The SMILES string of the molecule is O=C(O)CSc1n[nH]c(=O)n1C1CCCNC1=O. The van der Waals surface area contributed by atoms with Crippen LogP contribution in [0.3, 0.4) is 0 Å². The summed E-state index contributed by atoms with van der Waals surface area (Å²) in [5, 5.41) is 17.5. The van der Waals surface area contributed by atoms with Crippen LogP contribution in [0.25, 0.3) is 0 Å². The molecule has 1 aliphatic rings. The predicted octanol–water partition coefficient (Wildman–Crippen LogP) is -0.801. The molecule has 18 heavy (non-hydrogen) atoms. The molecule has 2 heterocycles. The highest BCUT2D eigenvalue weighted by atomic mass is 32.2. The first-order valence-electron chi connectivity index (χ1n) is 5.39. The average molecular weight is 272 g/mol. The molecule has 1 aliphatic heterocycles. The molecule has 1 aromatic rings. The topological polar surface area (TPSA) is 117 Å². The van der Waals surface area contributed by atoms with Crippen LogP contribution < -0.4 is 11.0 Å². The second-order valence-electron chi connectivity index (χ2n) is 3.81. The summed E-state index contributed by atoms with van der Waals surface area (Å²) in [6.07, 6.45) is 1.32. The fraction of sp³-hybridized carbons (Fsp3) is 0.556. The third-order valence-electron chi connectivity index (χ3n) is 2.56. The lowest BCUT2D eigenvalue weighted by Gasteiger charge is -2.22. The zero-order valence-electron chi connectivity index (χ0n) is 9.38. The summed E-state index contributed by atoms with van der Waals surface area (Å²) >= 11 is 0.913. The van der Waals surface area contributed by atoms with Crippen molar-refractivity contribution in [3.63, 3.8) is 0 Å². The molecule has 8 nitrogen and oxygen atoms in total. The van der Waals surface area contributed by atoms with Crippen LogP contribution in [0.15, 0.2) is 9.95 Å². The van der Waals surface area contributed by atoms with Crippen molar-refractivity contribution in [3.8, 4) is 0 Å². The third-order valence-corrected chi connectivity index (χ3v) is 3.50. The van der Waals surface area contributed by atoms with Gasteiger partial charge in [-0.15, -0.1) is 5.10 Å². The van der Waals surface area contributed by atoms with Crippen LogP contribution in [-0.2, 0) is 9.59 Å². The van der Waals surface area contributed by atoms with Gasteiger partial charge in [-0.1, -0.05) is 11.8 Å². The van der Waals surface area contributed by atoms with Crippen LogP contribution in [0.5, 0.6) is 0 Å². The minimum atomic E-state index is -1.00. The molecule has 1 saturated heterocycles. The van der Waals surface area contributed by atoms with Crippen molar-refractivity contribution < 1.29 is 14.7 Å². The lowest BCUT2D eigenvalue weighted by Crippen LogP contribution is -2.41. The Morgan fingerprint density at radius 1 is 1.56 bits per heavy atom. The smallest absolute Gasteiger partial charge is 0.344 e. The van der Waals surface area contributed by atoms with E-state index in [0.717, 1.165) is 18.2 Å². The number of hydrogen-bond acceptors (Lipinski definition) is 5. The molecule has 0 saturated carbocycles. The summed E-state index contributed by atoms with van der Waals surface area (Å²) in [6, 6.07) is -0.610. The Bertz CT molecular complexity index is 523. The molecule has 2 rings (SSSR count). The van der Waals surface area contributed by atoms with Crippen LogP contribution in [0.1, 0.15) is 18.9 Å². The van der Waals surface area contributed by atoms with Gasteiger partial charge in [0.2, 0.25) is 5.91 Å². The fourth-order valence-electron chi connectivity index (χ4n) is 1.80. The number of aromatic nitrogens is 3. The maximum absolute atomic E-state index is 11.7. The molecule has 1 atom stereocenters. The molecule has 0 spiro atoms. The molecule has 1 unspecified atom stereocenters. The van der Waals surface area contributed by atoms with E-state index in [1.54, 1.807) is 0 Å². The zero-order chi connectivity index (χ0) is 13.1. The molecular formula is C9H12N4O4S. The van der Waals surface area contributed by atoms with E-state index in [4.69, 9.17) is 5.11 Å². The monoisotopic (exact) mass is 272 g/mol. The lowest BCUT2D eigenvalue weighted by molar-refractivity contribution is -0.134. The second kappa shape index (κ2) is 5.25. The molecule has 1 amide bonds. The Hall–Kier alpha value is -1.77. The second-order valence-corrected chi connectivity index (χ2v) is 4.76. The van der Waals surface area contributed by atoms with Crippen LogP contribution >= 0.6 is 11.8 Å². The van der Waals surface area contributed by atoms with Gasteiger partial charge in [0.15, 0.2) is 5.16 Å². The molecule has 0 aliphatic carbocycles. The van der Waals surface area contributed by atoms with Gasteiger partial charge in [-0.3, -0.25) is 14.2 Å². The summed E-state index contributed by atoms with van der Waals surface area (Å²) < 4.78 is 1.22. The van der Waals surface area contributed by atoms with Crippen molar-refractivity contribution in [2.24, 2.45) is 0 Å². The molecule has 1 fully saturated rings. The highest BCUT2D eigenvalue weighted by molar-refractivity contribution is 7.99. The number of thioether (sulfide) groups is 1. The van der Waals surface area contributed by atoms with E-state index in [1.165, 1.54) is 4.57 Å². The summed E-state index contributed by atoms with van der Waals surface area (Å²) in [7, 11) is 0. The van der Waals surface area contributed by atoms with E-state index in [9.17, 15) is 14.4 Å². The van der Waals surface area contributed by atoms with Crippen molar-refractivity contribution in [3.05, 3.63) is 10.5 Å². The third kappa shape index (κ3) is 2.55. The number of carboxylic acids is 1. The van der Waals surface area contributed by atoms with E-state index in [-0.39, 0.29) is 16.8 Å². The number of aliphatic carboxylic acids is 1. The molecule has 3 N–H and O–H groups in total. The maximum atomic E-state index is 11.7. The zero-order valence-corrected chi connectivity index (χ0v) is 10.2. The first-order chi connectivity index (χ1) is 8.59. The molecule has 0 aromatic carbocycles. The molecule has 98 valence electrons. The largest absolute Gasteiger partial charge is 0.481 e. The summed E-state index contributed by atoms with van der Waals surface area (Å²) in [5.74, 6) is -1.45. The van der Waals surface area contributed by atoms with Crippen LogP contribution in [0, 0.1) is 0 Å². The van der Waals surface area contributed by atoms with Crippen LogP contribution in [0.4, 0.5) is 0 Å². The van der Waals surface area contributed by atoms with Gasteiger partial charge in [0.05, 0.1) is 5.75 Å². The number of hydrogen-bond donors (Lipinski definition) is 3. The Kier molecular flexibility index (Phi) is 3.70. The maximum Gasteiger partial charge on any atom is 0.344 e. The number of carboxylic acid groups (broad SMARTS) is 1. The van der Waals surface area contributed by atoms with E-state index in [1.807, 2.05) is 0 Å². The lowest BCUT2D eigenvalue weighted by atomic mass is 10.1. The Morgan fingerprint density at radius 2 is 2.33 bits per heavy atom. The van der Waals surface area contributed by atoms with Crippen molar-refractivity contribution in [2.75, 3.05) is 12.3 Å². The average Bonchev–Trinajstić information content (AvgIpc) is 2.69. The van der Waals surface area contributed by atoms with Crippen LogP contribution in [-0.4, -0.2) is 44.0 Å². The summed E-state index contributed by atoms with van der Waals surface area (Å²) in [5.41, 5.74) is -0.495. The molecule has 9 heteroatoms. The minimum absolute atomic E-state index is 0.210. The minimum Gasteiger partial charge on any atom is -0.481 e. The van der Waals surface area contributed by atoms with Gasteiger partial charge in [-0.25, -0.2) is 9.89 Å². The number of amides is 1. The first kappa shape index (κ1) is 12.7. The number of rotatable bonds is 4. The van der Waals surface area contributed by atoms with Gasteiger partial charge < -0.3 is 10.4 Å². The van der Waals surface area contributed by atoms with Gasteiger partial charge in [0, 0.05) is 6.54 Å². The standard InChI is InChI=1S/C9H12N4O4S/c14-6(15)4-18-9-12-11-8(17)13(9)5-2-1-3-10-7(5)16/h5H,1-4H2,(H,10,16)(H,11,17)(H,14,15). The number of nitrogens with one attached hydrogen (secondary N) is 2. The van der Waals surface area contributed by atoms with Gasteiger partial charge in [-0.2, -0.15) is 0 Å². The van der Waals surface area contributed by atoms with E-state index in [2.05, 4.69) is 15.5 Å². The van der Waals surface area contributed by atoms with Crippen molar-refractivity contribution >= 4 is 23.6 Å². The van der Waals surface area contributed by atoms with E-state index >= 15 is 0 Å². The van der Waals surface area contributed by atoms with E-state index < -0.39 is 17.7 Å². The number of carbonyl (C=O) groups is 2. The highest BCUT2D eigenvalue weighted by Gasteiger charge is 2.28. The number of nitrogens with zero attached hydrogens (tertiary/aromatic N) is 2. The Balaban J connectivity index is 2.25. The van der Waals surface area contributed by atoms with Gasteiger partial charge in [0.1, 0.15) is 6.04 Å². The molecule has 1 aromatic heterocycles. The predicted molar refractivity (Wildman–Crippen MR) is 62.5 cm³/mol. The van der Waals surface area contributed by atoms with E-state index in [0.29, 0.717) is 13.0 Å². The van der Waals surface area contributed by atoms with Gasteiger partial charge in [0.25, 0.3) is 0 Å². The highest BCUT2D eigenvalue weighted by Crippen LogP contribution is 2.22. The van der Waals surface area contributed by atoms with Gasteiger partial charge in [-0.05, 0) is 12.8 Å². The quantitative estimate of drug-likeness (QED) is 0.618. The number of carbonyl (C=O) groups excluding carboxylic acids is 1. The van der Waals surface area contributed by atoms with Gasteiger partial charge >= 0.3 is 11.7 Å². The molecule has 0 radical (unpaired) electrons. The molecular weight excluding hydrogens is 260 g/mol. The fourth-order valence-corrected chi connectivity index (χ4v) is 2.51. The first-order valence-corrected chi connectivity index (χ1v) is 6.37. The summed E-state index contributed by atoms with van der Waals surface area (Å²) in [4.78, 5) is 33.8.